The minimum Gasteiger partial charge on any atom is -0.360 e. The first-order chi connectivity index (χ1) is 14.3. The Bertz CT molecular complexity index is 1200. The summed E-state index contributed by atoms with van der Waals surface area (Å²) in [6.45, 7) is 11.5. The highest BCUT2D eigenvalue weighted by molar-refractivity contribution is 6.06. The van der Waals surface area contributed by atoms with Crippen molar-refractivity contribution >= 4 is 22.5 Å². The summed E-state index contributed by atoms with van der Waals surface area (Å²) >= 11 is 0. The Balaban J connectivity index is 2.14. The van der Waals surface area contributed by atoms with Crippen molar-refractivity contribution in [2.75, 3.05) is 5.32 Å². The van der Waals surface area contributed by atoms with Crippen molar-refractivity contribution in [1.82, 2.24) is 4.98 Å². The fraction of sp³-hybridized carbons (Fsp3) is 0.360. The van der Waals surface area contributed by atoms with Crippen molar-refractivity contribution in [3.63, 3.8) is 0 Å². The lowest BCUT2D eigenvalue weighted by Gasteiger charge is -2.30. The monoisotopic (exact) mass is 426 g/mol. The maximum Gasteiger partial charge on any atom is 0.264 e. The van der Waals surface area contributed by atoms with Gasteiger partial charge in [-0.25, -0.2) is 8.78 Å². The van der Waals surface area contributed by atoms with Gasteiger partial charge in [-0.1, -0.05) is 59.7 Å². The second-order valence-electron chi connectivity index (χ2n) is 9.82. The number of anilines is 1. The number of halogens is 2. The van der Waals surface area contributed by atoms with Gasteiger partial charge < -0.3 is 10.3 Å². The molecule has 164 valence electrons. The molecule has 31 heavy (non-hydrogen) atoms. The summed E-state index contributed by atoms with van der Waals surface area (Å²) in [5, 5.41) is 3.11. The average molecular weight is 427 g/mol. The van der Waals surface area contributed by atoms with Crippen LogP contribution in [0.5, 0.6) is 0 Å². The Morgan fingerprint density at radius 2 is 1.58 bits per heavy atom. The minimum atomic E-state index is -2.69. The third-order valence-corrected chi connectivity index (χ3v) is 5.32. The number of carbonyl (C=O) groups is 1. The number of nitrogens with one attached hydrogen (secondary N) is 2. The number of rotatable bonds is 3. The number of hydrogen-bond acceptors (Lipinski definition) is 2. The molecule has 3 aromatic rings. The maximum absolute atomic E-state index is 13.9. The number of para-hydroxylation sites is 1. The topological polar surface area (TPSA) is 62.0 Å². The second-order valence-corrected chi connectivity index (χ2v) is 9.82. The number of pyridine rings is 1. The van der Waals surface area contributed by atoms with Crippen molar-refractivity contribution in [1.29, 1.82) is 0 Å². The van der Waals surface area contributed by atoms with E-state index < -0.39 is 28.6 Å². The van der Waals surface area contributed by atoms with Crippen LogP contribution in [0.4, 0.5) is 14.5 Å². The van der Waals surface area contributed by atoms with Gasteiger partial charge in [-0.2, -0.15) is 0 Å². The number of aromatic amines is 1. The van der Waals surface area contributed by atoms with Gasteiger partial charge in [0, 0.05) is 28.4 Å². The Morgan fingerprint density at radius 1 is 0.968 bits per heavy atom. The van der Waals surface area contributed by atoms with Crippen LogP contribution in [0.1, 0.15) is 75.0 Å². The number of H-pyrrole nitrogens is 1. The molecule has 2 N–H and O–H groups in total. The van der Waals surface area contributed by atoms with Crippen LogP contribution in [-0.4, -0.2) is 10.9 Å². The quantitative estimate of drug-likeness (QED) is 0.515. The number of benzene rings is 2. The third kappa shape index (κ3) is 4.53. The Kier molecular flexibility index (Phi) is 5.78. The SMILES string of the molecule is CC(C)(C)c1cc(C(C)(C)C)c(C(F)F)cc1NC(=O)c1c[nH]c2ccccc2c1=O. The number of amides is 1. The van der Waals surface area contributed by atoms with Gasteiger partial charge in [-0.05, 0) is 40.2 Å². The lowest BCUT2D eigenvalue weighted by atomic mass is 9.77. The van der Waals surface area contributed by atoms with E-state index in [9.17, 15) is 18.4 Å². The van der Waals surface area contributed by atoms with Gasteiger partial charge in [0.05, 0.1) is 0 Å². The molecular formula is C25H28F2N2O2. The number of hydrogen-bond donors (Lipinski definition) is 2. The number of carbonyl (C=O) groups excluding carboxylic acids is 1. The molecular weight excluding hydrogens is 398 g/mol. The molecule has 0 saturated heterocycles. The minimum absolute atomic E-state index is 0.0722. The predicted molar refractivity (Wildman–Crippen MR) is 121 cm³/mol. The second kappa shape index (κ2) is 7.91. The molecule has 0 unspecified atom stereocenters. The summed E-state index contributed by atoms with van der Waals surface area (Å²) < 4.78 is 27.8. The Labute approximate surface area is 180 Å². The van der Waals surface area contributed by atoms with E-state index in [1.165, 1.54) is 12.3 Å². The molecule has 0 aliphatic heterocycles. The smallest absolute Gasteiger partial charge is 0.264 e. The van der Waals surface area contributed by atoms with Crippen LogP contribution >= 0.6 is 0 Å². The van der Waals surface area contributed by atoms with E-state index in [1.54, 1.807) is 30.3 Å². The highest BCUT2D eigenvalue weighted by Crippen LogP contribution is 2.40. The van der Waals surface area contributed by atoms with Crippen LogP contribution in [0.15, 0.2) is 47.4 Å². The fourth-order valence-electron chi connectivity index (χ4n) is 3.70. The van der Waals surface area contributed by atoms with Gasteiger partial charge in [0.2, 0.25) is 5.43 Å². The first-order valence-electron chi connectivity index (χ1n) is 10.2. The lowest BCUT2D eigenvalue weighted by molar-refractivity contribution is 0.102. The molecule has 0 radical (unpaired) electrons. The van der Waals surface area contributed by atoms with E-state index in [0.29, 0.717) is 16.5 Å². The number of aromatic nitrogens is 1. The van der Waals surface area contributed by atoms with E-state index in [2.05, 4.69) is 10.3 Å². The Hall–Kier alpha value is -3.02. The molecule has 3 rings (SSSR count). The summed E-state index contributed by atoms with van der Waals surface area (Å²) in [5.41, 5.74) is 0.650. The van der Waals surface area contributed by atoms with Crippen molar-refractivity contribution in [3.05, 3.63) is 75.1 Å². The summed E-state index contributed by atoms with van der Waals surface area (Å²) in [5.74, 6) is -0.638. The van der Waals surface area contributed by atoms with Gasteiger partial charge in [-0.15, -0.1) is 0 Å². The van der Waals surface area contributed by atoms with Crippen molar-refractivity contribution < 1.29 is 13.6 Å². The van der Waals surface area contributed by atoms with Crippen LogP contribution in [0, 0.1) is 0 Å². The molecule has 1 amide bonds. The number of alkyl halides is 2. The summed E-state index contributed by atoms with van der Waals surface area (Å²) in [4.78, 5) is 28.8. The fourth-order valence-corrected chi connectivity index (χ4v) is 3.70. The van der Waals surface area contributed by atoms with Gasteiger partial charge in [-0.3, -0.25) is 9.59 Å². The van der Waals surface area contributed by atoms with E-state index in [-0.39, 0.29) is 16.8 Å². The first-order valence-corrected chi connectivity index (χ1v) is 10.2. The summed E-state index contributed by atoms with van der Waals surface area (Å²) in [7, 11) is 0. The zero-order valence-corrected chi connectivity index (χ0v) is 18.7. The van der Waals surface area contributed by atoms with E-state index in [1.807, 2.05) is 41.5 Å². The highest BCUT2D eigenvalue weighted by Gasteiger charge is 2.29. The maximum atomic E-state index is 13.9. The van der Waals surface area contributed by atoms with Crippen LogP contribution in [0.2, 0.25) is 0 Å². The molecule has 1 heterocycles. The van der Waals surface area contributed by atoms with Gasteiger partial charge in [0.15, 0.2) is 0 Å². The van der Waals surface area contributed by atoms with Crippen LogP contribution < -0.4 is 10.7 Å². The molecule has 0 saturated carbocycles. The third-order valence-electron chi connectivity index (χ3n) is 5.32. The summed E-state index contributed by atoms with van der Waals surface area (Å²) in [6, 6.07) is 9.99. The summed E-state index contributed by atoms with van der Waals surface area (Å²) in [6.07, 6.45) is -1.34. The van der Waals surface area contributed by atoms with Gasteiger partial charge >= 0.3 is 0 Å². The van der Waals surface area contributed by atoms with Crippen molar-refractivity contribution in [3.8, 4) is 0 Å². The first kappa shape index (κ1) is 22.7. The van der Waals surface area contributed by atoms with E-state index in [4.69, 9.17) is 0 Å². The van der Waals surface area contributed by atoms with Gasteiger partial charge in [0.1, 0.15) is 5.56 Å². The molecule has 0 bridgehead atoms. The standard InChI is InChI=1S/C25H28F2N2O2/c1-24(2,3)17-12-18(25(4,5)6)20(11-15(17)22(26)27)29-23(31)16-13-28-19-10-8-7-9-14(19)21(16)30/h7-13,22H,1-6H3,(H,28,30)(H,29,31). The van der Waals surface area contributed by atoms with Crippen LogP contribution in [0.3, 0.4) is 0 Å². The molecule has 0 aliphatic rings. The molecule has 1 aromatic heterocycles. The Morgan fingerprint density at radius 3 is 2.16 bits per heavy atom. The van der Waals surface area contributed by atoms with Crippen molar-refractivity contribution in [2.24, 2.45) is 0 Å². The van der Waals surface area contributed by atoms with Crippen LogP contribution in [-0.2, 0) is 10.8 Å². The zero-order chi connectivity index (χ0) is 23.1. The van der Waals surface area contributed by atoms with Gasteiger partial charge in [0.25, 0.3) is 12.3 Å². The molecule has 6 heteroatoms. The predicted octanol–water partition coefficient (Wildman–Crippen LogP) is 6.31. The number of fused-ring (bicyclic) bond motifs is 1. The highest BCUT2D eigenvalue weighted by atomic mass is 19.3. The molecule has 0 atom stereocenters. The zero-order valence-electron chi connectivity index (χ0n) is 18.7. The van der Waals surface area contributed by atoms with E-state index >= 15 is 0 Å². The molecule has 0 spiro atoms. The van der Waals surface area contributed by atoms with E-state index in [0.717, 1.165) is 5.56 Å². The lowest BCUT2D eigenvalue weighted by Crippen LogP contribution is -2.25. The largest absolute Gasteiger partial charge is 0.360 e. The molecule has 2 aromatic carbocycles. The molecule has 4 nitrogen and oxygen atoms in total. The normalized spacial score (nSPS) is 12.4. The van der Waals surface area contributed by atoms with Crippen LogP contribution in [0.25, 0.3) is 10.9 Å². The molecule has 0 aliphatic carbocycles. The van der Waals surface area contributed by atoms with Crippen molar-refractivity contribution in [2.45, 2.75) is 58.8 Å². The molecule has 0 fully saturated rings. The average Bonchev–Trinajstić information content (AvgIpc) is 2.66.